The molecule has 7 heterocycles. The van der Waals surface area contributed by atoms with Crippen LogP contribution in [0.4, 0.5) is 0 Å². The Hall–Kier alpha value is -6.04. The molecule has 2 atom stereocenters. The number of carboxylic acid groups (broad SMARTS) is 1. The summed E-state index contributed by atoms with van der Waals surface area (Å²) >= 11 is 15.9. The Labute approximate surface area is 382 Å². The number of methoxy groups -OCH3 is 1. The summed E-state index contributed by atoms with van der Waals surface area (Å²) in [4.78, 5) is 41.8. The van der Waals surface area contributed by atoms with Gasteiger partial charge in [0.25, 0.3) is 0 Å². The molecule has 18 heteroatoms. The summed E-state index contributed by atoms with van der Waals surface area (Å²) in [6.45, 7) is 7.95. The number of aliphatic carboxylic acids is 1. The third kappa shape index (κ3) is 8.75. The van der Waals surface area contributed by atoms with E-state index in [4.69, 9.17) is 56.3 Å². The van der Waals surface area contributed by atoms with Crippen LogP contribution in [-0.4, -0.2) is 111 Å². The Morgan fingerprint density at radius 1 is 0.938 bits per heavy atom. The molecule has 1 saturated heterocycles. The van der Waals surface area contributed by atoms with E-state index in [0.717, 1.165) is 31.7 Å². The number of para-hydroxylation sites is 1. The van der Waals surface area contributed by atoms with Crippen molar-refractivity contribution in [2.45, 2.75) is 39.1 Å². The second-order valence-corrected chi connectivity index (χ2v) is 17.3. The van der Waals surface area contributed by atoms with Crippen LogP contribution in [0.5, 0.6) is 28.9 Å². The van der Waals surface area contributed by atoms with Gasteiger partial charge in [0.05, 0.1) is 40.0 Å². The quantitative estimate of drug-likeness (QED) is 0.146. The van der Waals surface area contributed by atoms with Crippen molar-refractivity contribution in [2.24, 2.45) is 0 Å². The van der Waals surface area contributed by atoms with Gasteiger partial charge in [-0.1, -0.05) is 35.3 Å². The summed E-state index contributed by atoms with van der Waals surface area (Å²) in [5.74, 6) is 1.41. The van der Waals surface area contributed by atoms with Crippen molar-refractivity contribution >= 4 is 50.7 Å². The zero-order valence-electron chi connectivity index (χ0n) is 35.3. The van der Waals surface area contributed by atoms with E-state index in [9.17, 15) is 9.90 Å². The molecule has 4 aromatic heterocycles. The smallest absolute Gasteiger partial charge is 0.345 e. The van der Waals surface area contributed by atoms with Crippen molar-refractivity contribution in [2.75, 3.05) is 53.5 Å². The number of rotatable bonds is 9. The van der Waals surface area contributed by atoms with Crippen LogP contribution in [-0.2, 0) is 17.8 Å². The van der Waals surface area contributed by atoms with Crippen molar-refractivity contribution < 1.29 is 38.0 Å². The highest BCUT2D eigenvalue weighted by Gasteiger charge is 2.33. The van der Waals surface area contributed by atoms with E-state index in [-0.39, 0.29) is 25.5 Å². The van der Waals surface area contributed by atoms with Gasteiger partial charge in [0.15, 0.2) is 11.6 Å². The number of carboxylic acids is 1. The lowest BCUT2D eigenvalue weighted by atomic mass is 9.93. The van der Waals surface area contributed by atoms with Gasteiger partial charge in [-0.15, -0.1) is 11.3 Å². The maximum Gasteiger partial charge on any atom is 0.345 e. The lowest BCUT2D eigenvalue weighted by molar-refractivity contribution is -0.145. The number of oxazole rings is 1. The second kappa shape index (κ2) is 18.6. The number of aromatic nitrogens is 5. The summed E-state index contributed by atoms with van der Waals surface area (Å²) in [6, 6.07) is 14.5. The average Bonchev–Trinajstić information content (AvgIpc) is 3.98. The largest absolute Gasteiger partial charge is 0.496 e. The zero-order chi connectivity index (χ0) is 44.5. The molecular formula is C46H43Cl2N7O8S. The summed E-state index contributed by atoms with van der Waals surface area (Å²) in [6.07, 6.45) is 3.90. The Bertz CT molecular complexity index is 2810. The molecule has 3 aromatic carbocycles. The number of carbonyl (C=O) groups is 1. The minimum atomic E-state index is -1.45. The number of piperazine rings is 1. The average molecular weight is 925 g/mol. The van der Waals surface area contributed by atoms with Gasteiger partial charge in [-0.05, 0) is 74.0 Å². The lowest BCUT2D eigenvalue weighted by Crippen LogP contribution is -2.49. The first-order valence-electron chi connectivity index (χ1n) is 20.5. The number of halogens is 2. The number of fused-ring (bicyclic) bond motifs is 7. The fourth-order valence-corrected chi connectivity index (χ4v) is 9.58. The molecular weight excluding hydrogens is 882 g/mol. The molecule has 1 fully saturated rings. The molecule has 0 spiro atoms. The molecule has 0 saturated carbocycles. The summed E-state index contributed by atoms with van der Waals surface area (Å²) in [5, 5.41) is 11.9. The topological polar surface area (TPSA) is 168 Å². The van der Waals surface area contributed by atoms with Crippen LogP contribution in [0.15, 0.2) is 77.9 Å². The molecule has 10 rings (SSSR count). The highest BCUT2D eigenvalue weighted by Crippen LogP contribution is 2.53. The molecule has 15 nitrogen and oxygen atoms in total. The van der Waals surface area contributed by atoms with Crippen molar-refractivity contribution in [3.05, 3.63) is 106 Å². The molecule has 3 aliphatic heterocycles. The van der Waals surface area contributed by atoms with Crippen molar-refractivity contribution in [3.8, 4) is 62.2 Å². The van der Waals surface area contributed by atoms with Gasteiger partial charge >= 0.3 is 5.97 Å². The highest BCUT2D eigenvalue weighted by atomic mass is 35.5. The fraction of sp³-hybridized carbons (Fsp3) is 0.304. The molecule has 0 aliphatic carbocycles. The number of benzene rings is 3. The van der Waals surface area contributed by atoms with Gasteiger partial charge in [-0.2, -0.15) is 0 Å². The third-order valence-electron chi connectivity index (χ3n) is 11.3. The standard InChI is InChI=1S/C46H43Cl2N7O8S/c1-25-35-26(2)39(48)40(38(25)47)62-30(21-55-16-14-54(3)15-17-55)23-60-29-9-10-32(61-22-28-11-12-49-42(53-28)31-7-5-6-8-33(31)58-4)27(19-29)20-34(46(56)57)63-43-37-36(35)41(44-50-13-18-59-44)64-45(37)52-24-51-43/h5-13,18-19,24,30,34H,14-17,20-23H2,1-4H3,(H,56,57)/t30-,34-/m1/s1. The summed E-state index contributed by atoms with van der Waals surface area (Å²) in [7, 11) is 3.70. The predicted octanol–water partition coefficient (Wildman–Crippen LogP) is 8.44. The van der Waals surface area contributed by atoms with Crippen LogP contribution in [0.3, 0.4) is 0 Å². The van der Waals surface area contributed by atoms with Gasteiger partial charge in [0.2, 0.25) is 17.9 Å². The highest BCUT2D eigenvalue weighted by molar-refractivity contribution is 7.22. The lowest BCUT2D eigenvalue weighted by Gasteiger charge is -2.35. The van der Waals surface area contributed by atoms with Gasteiger partial charge in [0, 0.05) is 56.5 Å². The van der Waals surface area contributed by atoms with E-state index in [1.165, 1.54) is 23.9 Å². The molecule has 64 heavy (non-hydrogen) atoms. The van der Waals surface area contributed by atoms with Crippen LogP contribution in [0, 0.1) is 13.8 Å². The van der Waals surface area contributed by atoms with Crippen LogP contribution < -0.4 is 23.7 Å². The number of thiophene rings is 1. The van der Waals surface area contributed by atoms with E-state index < -0.39 is 18.2 Å². The Morgan fingerprint density at radius 3 is 2.48 bits per heavy atom. The summed E-state index contributed by atoms with van der Waals surface area (Å²) < 4.78 is 37.6. The Morgan fingerprint density at radius 2 is 1.73 bits per heavy atom. The Balaban J connectivity index is 1.15. The van der Waals surface area contributed by atoms with Gasteiger partial charge in [0.1, 0.15) is 58.9 Å². The monoisotopic (exact) mass is 923 g/mol. The van der Waals surface area contributed by atoms with Crippen molar-refractivity contribution in [1.82, 2.24) is 34.7 Å². The van der Waals surface area contributed by atoms with Crippen LogP contribution >= 0.6 is 34.5 Å². The maximum absolute atomic E-state index is 13.3. The van der Waals surface area contributed by atoms with Gasteiger partial charge in [-0.25, -0.2) is 29.7 Å². The van der Waals surface area contributed by atoms with Crippen LogP contribution in [0.2, 0.25) is 10.0 Å². The number of nitrogens with zero attached hydrogens (tertiary/aromatic N) is 7. The molecule has 0 unspecified atom stereocenters. The van der Waals surface area contributed by atoms with E-state index in [1.54, 1.807) is 43.8 Å². The number of ether oxygens (including phenoxy) is 5. The summed E-state index contributed by atoms with van der Waals surface area (Å²) in [5.41, 5.74) is 4.38. The van der Waals surface area contributed by atoms with Gasteiger partial charge < -0.3 is 38.1 Å². The predicted molar refractivity (Wildman–Crippen MR) is 242 cm³/mol. The molecule has 4 bridgehead atoms. The minimum absolute atomic E-state index is 0.0316. The van der Waals surface area contributed by atoms with E-state index >= 15 is 0 Å². The third-order valence-corrected chi connectivity index (χ3v) is 13.3. The van der Waals surface area contributed by atoms with E-state index in [0.29, 0.717) is 99.9 Å². The SMILES string of the molecule is COc1ccccc1-c1nccc(COc2ccc3cc2C[C@H](C(=O)O)Oc2ncnc4sc(-c5ncco5)c(c24)-c2c(C)c(Cl)c(c(Cl)c2C)O[C@H](CN2CCN(C)CC2)CO3)n1. The molecule has 1 N–H and O–H groups in total. The van der Waals surface area contributed by atoms with E-state index in [2.05, 4.69) is 36.8 Å². The zero-order valence-corrected chi connectivity index (χ0v) is 37.7. The number of hydrogen-bond acceptors (Lipinski definition) is 15. The van der Waals surface area contributed by atoms with Crippen LogP contribution in [0.25, 0.3) is 43.5 Å². The minimum Gasteiger partial charge on any atom is -0.496 e. The van der Waals surface area contributed by atoms with Crippen molar-refractivity contribution in [3.63, 3.8) is 0 Å². The normalized spacial score (nSPS) is 17.0. The maximum atomic E-state index is 13.3. The molecule has 0 radical (unpaired) electrons. The second-order valence-electron chi connectivity index (χ2n) is 15.5. The van der Waals surface area contributed by atoms with E-state index in [1.807, 2.05) is 38.1 Å². The van der Waals surface area contributed by atoms with Crippen molar-refractivity contribution in [1.29, 1.82) is 0 Å². The molecule has 0 amide bonds. The molecule has 3 aliphatic rings. The van der Waals surface area contributed by atoms with Gasteiger partial charge in [-0.3, -0.25) is 4.90 Å². The Kier molecular flexibility index (Phi) is 12.6. The first-order valence-corrected chi connectivity index (χ1v) is 22.1. The number of likely N-dealkylation sites (N-methyl/N-ethyl adjacent to an activating group) is 1. The molecule has 330 valence electrons. The fourth-order valence-electron chi connectivity index (χ4n) is 7.98. The molecule has 7 aromatic rings. The number of hydrogen-bond donors (Lipinski definition) is 1. The first-order chi connectivity index (χ1) is 31.1. The van der Waals surface area contributed by atoms with Crippen LogP contribution in [0.1, 0.15) is 22.4 Å². The first kappa shape index (κ1) is 43.2.